The number of alkyl halides is 3. The van der Waals surface area contributed by atoms with Gasteiger partial charge in [-0.15, -0.1) is 10.2 Å². The normalized spacial score (nSPS) is 11.3. The molecule has 156 valence electrons. The van der Waals surface area contributed by atoms with Gasteiger partial charge in [0.25, 0.3) is 5.56 Å². The summed E-state index contributed by atoms with van der Waals surface area (Å²) in [5, 5.41) is 10.5. The van der Waals surface area contributed by atoms with Crippen LogP contribution in [0.4, 0.5) is 13.2 Å². The average molecular weight is 416 g/mol. The standard InChI is InChI=1S/C21H19F3N4O2/c1-13-3-2-4-14(11-13)12-25-18(29)10-9-17-20(30)26-19(28-27-17)15-5-7-16(8-6-15)21(22,23)24/h2-8,11H,9-10,12H2,1H3,(H,25,29)(H,26,28,30). The fourth-order valence-corrected chi connectivity index (χ4v) is 2.81. The summed E-state index contributed by atoms with van der Waals surface area (Å²) >= 11 is 0. The van der Waals surface area contributed by atoms with E-state index in [4.69, 9.17) is 0 Å². The number of aromatic amines is 1. The van der Waals surface area contributed by atoms with Gasteiger partial charge in [0.1, 0.15) is 5.69 Å². The highest BCUT2D eigenvalue weighted by Gasteiger charge is 2.30. The third kappa shape index (κ3) is 5.53. The van der Waals surface area contributed by atoms with Crippen LogP contribution in [0.5, 0.6) is 0 Å². The zero-order chi connectivity index (χ0) is 21.7. The predicted octanol–water partition coefficient (Wildman–Crippen LogP) is 3.41. The molecule has 0 bridgehead atoms. The SMILES string of the molecule is Cc1cccc(CNC(=O)CCc2nnc(-c3ccc(C(F)(F)F)cc3)[nH]c2=O)c1. The minimum Gasteiger partial charge on any atom is -0.352 e. The number of nitrogens with zero attached hydrogens (tertiary/aromatic N) is 2. The molecule has 1 aromatic heterocycles. The molecule has 2 N–H and O–H groups in total. The zero-order valence-corrected chi connectivity index (χ0v) is 16.1. The number of H-pyrrole nitrogens is 1. The number of carbonyl (C=O) groups excluding carboxylic acids is 1. The Kier molecular flexibility index (Phi) is 6.29. The van der Waals surface area contributed by atoms with E-state index < -0.39 is 17.3 Å². The highest BCUT2D eigenvalue weighted by Crippen LogP contribution is 2.30. The molecule has 9 heteroatoms. The second-order valence-electron chi connectivity index (χ2n) is 6.79. The molecule has 1 heterocycles. The van der Waals surface area contributed by atoms with Crippen LogP contribution in [0, 0.1) is 6.92 Å². The molecule has 2 aromatic carbocycles. The largest absolute Gasteiger partial charge is 0.416 e. The summed E-state index contributed by atoms with van der Waals surface area (Å²) in [6.07, 6.45) is -4.29. The van der Waals surface area contributed by atoms with Crippen LogP contribution in [-0.2, 0) is 23.9 Å². The lowest BCUT2D eigenvalue weighted by Crippen LogP contribution is -2.25. The molecule has 0 unspecified atom stereocenters. The van der Waals surface area contributed by atoms with E-state index in [1.807, 2.05) is 31.2 Å². The van der Waals surface area contributed by atoms with E-state index >= 15 is 0 Å². The number of carbonyl (C=O) groups is 1. The lowest BCUT2D eigenvalue weighted by atomic mass is 10.1. The van der Waals surface area contributed by atoms with Crippen molar-refractivity contribution in [1.29, 1.82) is 0 Å². The second kappa shape index (κ2) is 8.89. The fourth-order valence-electron chi connectivity index (χ4n) is 2.81. The summed E-state index contributed by atoms with van der Waals surface area (Å²) in [6, 6.07) is 12.0. The van der Waals surface area contributed by atoms with Gasteiger partial charge in [-0.25, -0.2) is 0 Å². The second-order valence-corrected chi connectivity index (χ2v) is 6.79. The van der Waals surface area contributed by atoms with Crippen molar-refractivity contribution in [3.05, 3.63) is 81.3 Å². The molecule has 3 rings (SSSR count). The minimum atomic E-state index is -4.44. The van der Waals surface area contributed by atoms with E-state index in [0.29, 0.717) is 12.1 Å². The van der Waals surface area contributed by atoms with Crippen molar-refractivity contribution in [2.24, 2.45) is 0 Å². The van der Waals surface area contributed by atoms with Gasteiger partial charge >= 0.3 is 6.18 Å². The number of amides is 1. The van der Waals surface area contributed by atoms with Crippen molar-refractivity contribution >= 4 is 5.91 Å². The Bertz CT molecular complexity index is 1090. The van der Waals surface area contributed by atoms with E-state index in [-0.39, 0.29) is 30.3 Å². The lowest BCUT2D eigenvalue weighted by molar-refractivity contribution is -0.137. The van der Waals surface area contributed by atoms with Gasteiger partial charge in [-0.1, -0.05) is 42.0 Å². The van der Waals surface area contributed by atoms with Gasteiger partial charge in [0.05, 0.1) is 5.56 Å². The third-order valence-corrected chi connectivity index (χ3v) is 4.41. The smallest absolute Gasteiger partial charge is 0.352 e. The van der Waals surface area contributed by atoms with Gasteiger partial charge in [0, 0.05) is 24.9 Å². The monoisotopic (exact) mass is 416 g/mol. The maximum atomic E-state index is 12.6. The number of halogens is 3. The van der Waals surface area contributed by atoms with Gasteiger partial charge in [-0.2, -0.15) is 13.2 Å². The van der Waals surface area contributed by atoms with Gasteiger partial charge in [0.2, 0.25) is 5.91 Å². The van der Waals surface area contributed by atoms with E-state index in [2.05, 4.69) is 20.5 Å². The molecule has 0 fully saturated rings. The van der Waals surface area contributed by atoms with Crippen LogP contribution in [0.25, 0.3) is 11.4 Å². The van der Waals surface area contributed by atoms with E-state index in [1.54, 1.807) is 0 Å². The van der Waals surface area contributed by atoms with Crippen molar-refractivity contribution < 1.29 is 18.0 Å². The van der Waals surface area contributed by atoms with Crippen molar-refractivity contribution in [1.82, 2.24) is 20.5 Å². The van der Waals surface area contributed by atoms with Crippen molar-refractivity contribution in [2.75, 3.05) is 0 Å². The van der Waals surface area contributed by atoms with Crippen molar-refractivity contribution in [3.8, 4) is 11.4 Å². The first-order chi connectivity index (χ1) is 14.2. The number of hydrogen-bond acceptors (Lipinski definition) is 4. The first-order valence-corrected chi connectivity index (χ1v) is 9.18. The maximum absolute atomic E-state index is 12.6. The Morgan fingerprint density at radius 1 is 1.10 bits per heavy atom. The highest BCUT2D eigenvalue weighted by molar-refractivity contribution is 5.76. The first-order valence-electron chi connectivity index (χ1n) is 9.18. The lowest BCUT2D eigenvalue weighted by Gasteiger charge is -2.07. The summed E-state index contributed by atoms with van der Waals surface area (Å²) < 4.78 is 37.9. The third-order valence-electron chi connectivity index (χ3n) is 4.41. The Labute approximate surface area is 170 Å². The molecule has 0 spiro atoms. The number of aromatic nitrogens is 3. The summed E-state index contributed by atoms with van der Waals surface area (Å²) in [5.74, 6) is -0.175. The number of aryl methyl sites for hydroxylation is 2. The molecule has 3 aromatic rings. The van der Waals surface area contributed by atoms with E-state index in [9.17, 15) is 22.8 Å². The van der Waals surface area contributed by atoms with Crippen LogP contribution in [-0.4, -0.2) is 21.1 Å². The van der Waals surface area contributed by atoms with E-state index in [1.165, 1.54) is 12.1 Å². The van der Waals surface area contributed by atoms with Crippen molar-refractivity contribution in [2.45, 2.75) is 32.5 Å². The number of benzene rings is 2. The molecule has 30 heavy (non-hydrogen) atoms. The quantitative estimate of drug-likeness (QED) is 0.645. The number of hydrogen-bond donors (Lipinski definition) is 2. The van der Waals surface area contributed by atoms with Gasteiger partial charge < -0.3 is 10.3 Å². The fraction of sp³-hybridized carbons (Fsp3) is 0.238. The molecule has 0 aliphatic rings. The maximum Gasteiger partial charge on any atom is 0.416 e. The van der Waals surface area contributed by atoms with Crippen LogP contribution in [0.3, 0.4) is 0 Å². The summed E-state index contributed by atoms with van der Waals surface area (Å²) in [6.45, 7) is 2.35. The summed E-state index contributed by atoms with van der Waals surface area (Å²) in [4.78, 5) is 26.7. The van der Waals surface area contributed by atoms with Gasteiger partial charge in [-0.3, -0.25) is 9.59 Å². The number of rotatable bonds is 6. The molecular formula is C21H19F3N4O2. The van der Waals surface area contributed by atoms with Crippen LogP contribution < -0.4 is 10.9 Å². The molecular weight excluding hydrogens is 397 g/mol. The molecule has 1 amide bonds. The van der Waals surface area contributed by atoms with Crippen LogP contribution in [0.1, 0.15) is 28.8 Å². The minimum absolute atomic E-state index is 0.0568. The van der Waals surface area contributed by atoms with Crippen LogP contribution >= 0.6 is 0 Å². The molecule has 0 aliphatic heterocycles. The summed E-state index contributed by atoms with van der Waals surface area (Å²) in [7, 11) is 0. The Hall–Kier alpha value is -3.49. The summed E-state index contributed by atoms with van der Waals surface area (Å²) in [5.41, 5.74) is 1.12. The zero-order valence-electron chi connectivity index (χ0n) is 16.1. The van der Waals surface area contributed by atoms with Crippen molar-refractivity contribution in [3.63, 3.8) is 0 Å². The molecule has 0 saturated heterocycles. The van der Waals surface area contributed by atoms with Crippen LogP contribution in [0.2, 0.25) is 0 Å². The highest BCUT2D eigenvalue weighted by atomic mass is 19.4. The van der Waals surface area contributed by atoms with Gasteiger partial charge in [0.15, 0.2) is 5.82 Å². The Morgan fingerprint density at radius 2 is 1.83 bits per heavy atom. The first kappa shape index (κ1) is 21.2. The topological polar surface area (TPSA) is 87.7 Å². The van der Waals surface area contributed by atoms with Crippen LogP contribution in [0.15, 0.2) is 53.3 Å². The Balaban J connectivity index is 1.59. The molecule has 0 saturated carbocycles. The Morgan fingerprint density at radius 3 is 2.47 bits per heavy atom. The molecule has 0 radical (unpaired) electrons. The average Bonchev–Trinajstić information content (AvgIpc) is 2.71. The predicted molar refractivity (Wildman–Crippen MR) is 104 cm³/mol. The molecule has 0 aliphatic carbocycles. The molecule has 6 nitrogen and oxygen atoms in total. The molecule has 0 atom stereocenters. The van der Waals surface area contributed by atoms with Gasteiger partial charge in [-0.05, 0) is 24.6 Å². The number of nitrogens with one attached hydrogen (secondary N) is 2. The van der Waals surface area contributed by atoms with E-state index in [0.717, 1.165) is 23.3 Å².